The van der Waals surface area contributed by atoms with Crippen molar-refractivity contribution in [1.29, 1.82) is 0 Å². The summed E-state index contributed by atoms with van der Waals surface area (Å²) in [6.07, 6.45) is -0.800. The highest BCUT2D eigenvalue weighted by atomic mass is 35.5. The Morgan fingerprint density at radius 3 is 2.42 bits per heavy atom. The Kier molecular flexibility index (Phi) is 5.54. The van der Waals surface area contributed by atoms with Gasteiger partial charge in [-0.2, -0.15) is 0 Å². The van der Waals surface area contributed by atoms with Gasteiger partial charge in [0.2, 0.25) is 0 Å². The van der Waals surface area contributed by atoms with E-state index in [0.717, 1.165) is 16.3 Å². The van der Waals surface area contributed by atoms with Crippen LogP contribution in [0.5, 0.6) is 0 Å². The first-order valence-electron chi connectivity index (χ1n) is 8.25. The van der Waals surface area contributed by atoms with Gasteiger partial charge in [-0.05, 0) is 47.5 Å². The van der Waals surface area contributed by atoms with Crippen molar-refractivity contribution in [3.63, 3.8) is 0 Å². The quantitative estimate of drug-likeness (QED) is 0.670. The fraction of sp³-hybridized carbons (Fsp3) is 0.143. The second-order valence-corrected chi connectivity index (χ2v) is 6.42. The highest BCUT2D eigenvalue weighted by Crippen LogP contribution is 2.19. The summed E-state index contributed by atoms with van der Waals surface area (Å²) in [7, 11) is 0. The number of nitrogens with one attached hydrogen (secondary N) is 1. The van der Waals surface area contributed by atoms with E-state index in [1.54, 1.807) is 31.2 Å². The topological polar surface area (TPSA) is 55.4 Å². The standard InChI is InChI=1S/C21H18ClNO3/c1-14(26-20(24)12-15-6-9-18(22)10-7-15)21(25)23-19-11-8-16-4-2-3-5-17(16)13-19/h2-11,13-14H,12H2,1H3,(H,23,25)/t14-/m0/s1. The third kappa shape index (κ3) is 4.61. The molecule has 0 aliphatic rings. The van der Waals surface area contributed by atoms with Gasteiger partial charge in [-0.1, -0.05) is 54.1 Å². The predicted molar refractivity (Wildman–Crippen MR) is 103 cm³/mol. The molecule has 0 saturated carbocycles. The smallest absolute Gasteiger partial charge is 0.311 e. The molecule has 0 aromatic heterocycles. The van der Waals surface area contributed by atoms with Crippen LogP contribution in [-0.4, -0.2) is 18.0 Å². The summed E-state index contributed by atoms with van der Waals surface area (Å²) in [5.74, 6) is -0.835. The highest BCUT2D eigenvalue weighted by molar-refractivity contribution is 6.30. The van der Waals surface area contributed by atoms with E-state index >= 15 is 0 Å². The number of hydrogen-bond donors (Lipinski definition) is 1. The molecule has 3 rings (SSSR count). The first-order valence-corrected chi connectivity index (χ1v) is 8.62. The highest BCUT2D eigenvalue weighted by Gasteiger charge is 2.18. The summed E-state index contributed by atoms with van der Waals surface area (Å²) in [5, 5.41) is 5.50. The van der Waals surface area contributed by atoms with E-state index in [0.29, 0.717) is 10.7 Å². The SMILES string of the molecule is C[C@H](OC(=O)Cc1ccc(Cl)cc1)C(=O)Nc1ccc2ccccc2c1. The monoisotopic (exact) mass is 367 g/mol. The molecule has 4 nitrogen and oxygen atoms in total. The van der Waals surface area contributed by atoms with E-state index in [2.05, 4.69) is 5.32 Å². The van der Waals surface area contributed by atoms with Crippen molar-refractivity contribution in [2.45, 2.75) is 19.4 Å². The first-order chi connectivity index (χ1) is 12.5. The third-order valence-corrected chi connectivity index (χ3v) is 4.21. The molecule has 0 aliphatic carbocycles. The molecule has 0 radical (unpaired) electrons. The van der Waals surface area contributed by atoms with E-state index in [9.17, 15) is 9.59 Å². The van der Waals surface area contributed by atoms with Gasteiger partial charge in [0.25, 0.3) is 5.91 Å². The summed E-state index contributed by atoms with van der Waals surface area (Å²) in [5.41, 5.74) is 1.44. The molecule has 5 heteroatoms. The van der Waals surface area contributed by atoms with Crippen LogP contribution in [0.3, 0.4) is 0 Å². The molecule has 0 unspecified atom stereocenters. The number of ether oxygens (including phenoxy) is 1. The molecule has 1 N–H and O–H groups in total. The number of anilines is 1. The molecule has 0 saturated heterocycles. The van der Waals surface area contributed by atoms with E-state index in [1.165, 1.54) is 0 Å². The van der Waals surface area contributed by atoms with Gasteiger partial charge in [0.05, 0.1) is 6.42 Å². The Labute approximate surface area is 156 Å². The lowest BCUT2D eigenvalue weighted by Gasteiger charge is -2.14. The summed E-state index contributed by atoms with van der Waals surface area (Å²) < 4.78 is 5.22. The molecule has 1 amide bonds. The average molecular weight is 368 g/mol. The molecule has 3 aromatic carbocycles. The number of rotatable bonds is 5. The van der Waals surface area contributed by atoms with Crippen LogP contribution in [0.25, 0.3) is 10.8 Å². The molecule has 0 heterocycles. The number of esters is 1. The van der Waals surface area contributed by atoms with E-state index < -0.39 is 12.1 Å². The summed E-state index contributed by atoms with van der Waals surface area (Å²) >= 11 is 5.82. The predicted octanol–water partition coefficient (Wildman–Crippen LogP) is 4.61. The van der Waals surface area contributed by atoms with Crippen molar-refractivity contribution in [1.82, 2.24) is 0 Å². The molecule has 0 fully saturated rings. The lowest BCUT2D eigenvalue weighted by Crippen LogP contribution is -2.30. The minimum Gasteiger partial charge on any atom is -0.452 e. The molecular weight excluding hydrogens is 350 g/mol. The largest absolute Gasteiger partial charge is 0.452 e. The zero-order chi connectivity index (χ0) is 18.5. The van der Waals surface area contributed by atoms with Crippen molar-refractivity contribution in [2.24, 2.45) is 0 Å². The minimum atomic E-state index is -0.888. The Bertz CT molecular complexity index is 937. The first kappa shape index (κ1) is 18.0. The number of hydrogen-bond acceptors (Lipinski definition) is 3. The lowest BCUT2D eigenvalue weighted by atomic mass is 10.1. The maximum absolute atomic E-state index is 12.3. The molecule has 132 valence electrons. The number of halogens is 1. The van der Waals surface area contributed by atoms with Crippen molar-refractivity contribution in [2.75, 3.05) is 5.32 Å². The molecule has 26 heavy (non-hydrogen) atoms. The van der Waals surface area contributed by atoms with Crippen molar-refractivity contribution in [3.05, 3.63) is 77.3 Å². The zero-order valence-electron chi connectivity index (χ0n) is 14.2. The number of fused-ring (bicyclic) bond motifs is 1. The van der Waals surface area contributed by atoms with Crippen LogP contribution in [0.1, 0.15) is 12.5 Å². The van der Waals surface area contributed by atoms with Crippen LogP contribution in [0.4, 0.5) is 5.69 Å². The Balaban J connectivity index is 1.57. The summed E-state index contributed by atoms with van der Waals surface area (Å²) in [4.78, 5) is 24.3. The molecule has 0 spiro atoms. The van der Waals surface area contributed by atoms with Crippen LogP contribution >= 0.6 is 11.6 Å². The molecule has 0 aliphatic heterocycles. The molecule has 1 atom stereocenters. The minimum absolute atomic E-state index is 0.0881. The van der Waals surface area contributed by atoms with Crippen LogP contribution < -0.4 is 5.32 Å². The fourth-order valence-corrected chi connectivity index (χ4v) is 2.70. The lowest BCUT2D eigenvalue weighted by molar-refractivity contribution is -0.152. The van der Waals surface area contributed by atoms with Crippen LogP contribution in [0.15, 0.2) is 66.7 Å². The van der Waals surface area contributed by atoms with E-state index in [-0.39, 0.29) is 12.3 Å². The maximum Gasteiger partial charge on any atom is 0.311 e. The van der Waals surface area contributed by atoms with Crippen molar-refractivity contribution in [3.8, 4) is 0 Å². The molecular formula is C21H18ClNO3. The number of benzene rings is 3. The molecule has 0 bridgehead atoms. The van der Waals surface area contributed by atoms with E-state index in [4.69, 9.17) is 16.3 Å². The second-order valence-electron chi connectivity index (χ2n) is 5.99. The summed E-state index contributed by atoms with van der Waals surface area (Å²) in [6.45, 7) is 1.55. The van der Waals surface area contributed by atoms with Crippen LogP contribution in [0, 0.1) is 0 Å². The van der Waals surface area contributed by atoms with Crippen LogP contribution in [0.2, 0.25) is 5.02 Å². The number of amides is 1. The van der Waals surface area contributed by atoms with Crippen molar-refractivity contribution < 1.29 is 14.3 Å². The van der Waals surface area contributed by atoms with Gasteiger partial charge in [-0.3, -0.25) is 9.59 Å². The zero-order valence-corrected chi connectivity index (χ0v) is 15.0. The fourth-order valence-electron chi connectivity index (χ4n) is 2.57. The van der Waals surface area contributed by atoms with Gasteiger partial charge in [0.15, 0.2) is 6.10 Å². The van der Waals surface area contributed by atoms with E-state index in [1.807, 2.05) is 42.5 Å². The Morgan fingerprint density at radius 1 is 1.00 bits per heavy atom. The second kappa shape index (κ2) is 8.02. The van der Waals surface area contributed by atoms with Gasteiger partial charge in [-0.15, -0.1) is 0 Å². The van der Waals surface area contributed by atoms with Gasteiger partial charge in [-0.25, -0.2) is 0 Å². The maximum atomic E-state index is 12.3. The van der Waals surface area contributed by atoms with Gasteiger partial charge >= 0.3 is 5.97 Å². The Morgan fingerprint density at radius 2 is 1.69 bits per heavy atom. The number of carbonyl (C=O) groups is 2. The summed E-state index contributed by atoms with van der Waals surface area (Å²) in [6, 6.07) is 20.4. The van der Waals surface area contributed by atoms with Crippen LogP contribution in [-0.2, 0) is 20.7 Å². The normalized spacial score (nSPS) is 11.8. The molecule has 3 aromatic rings. The van der Waals surface area contributed by atoms with Gasteiger partial charge < -0.3 is 10.1 Å². The van der Waals surface area contributed by atoms with Gasteiger partial charge in [0.1, 0.15) is 0 Å². The Hall–Kier alpha value is -2.85. The third-order valence-electron chi connectivity index (χ3n) is 3.96. The average Bonchev–Trinajstić information content (AvgIpc) is 2.63. The van der Waals surface area contributed by atoms with Gasteiger partial charge in [0, 0.05) is 10.7 Å². The van der Waals surface area contributed by atoms with Crippen molar-refractivity contribution >= 4 is 39.9 Å². The number of carbonyl (C=O) groups excluding carboxylic acids is 2.